The number of aromatic amines is 1. The SMILES string of the molecule is COc1ccc(-c2cc(C(=O)N3CCC4(CCNC4)CC3)[nH]n2)cc1OC.Cl. The molecule has 1 amide bonds. The van der Waals surface area contributed by atoms with Crippen LogP contribution in [0.2, 0.25) is 0 Å². The van der Waals surface area contributed by atoms with E-state index in [1.54, 1.807) is 14.2 Å². The topological polar surface area (TPSA) is 79.5 Å². The predicted molar refractivity (Wildman–Crippen MR) is 109 cm³/mol. The number of ether oxygens (including phenoxy) is 2. The third-order valence-electron chi connectivity index (χ3n) is 5.93. The number of likely N-dealkylation sites (tertiary alicyclic amines) is 1. The largest absolute Gasteiger partial charge is 0.493 e. The van der Waals surface area contributed by atoms with Gasteiger partial charge in [-0.1, -0.05) is 0 Å². The number of methoxy groups -OCH3 is 2. The van der Waals surface area contributed by atoms with Crippen LogP contribution in [-0.2, 0) is 0 Å². The van der Waals surface area contributed by atoms with Crippen molar-refractivity contribution in [2.24, 2.45) is 5.41 Å². The zero-order valence-electron chi connectivity index (χ0n) is 16.3. The van der Waals surface area contributed by atoms with Crippen molar-refractivity contribution in [3.05, 3.63) is 30.0 Å². The van der Waals surface area contributed by atoms with Gasteiger partial charge in [0.1, 0.15) is 5.69 Å². The minimum absolute atomic E-state index is 0. The fraction of sp³-hybridized carbons (Fsp3) is 0.500. The molecule has 2 aliphatic rings. The van der Waals surface area contributed by atoms with Crippen molar-refractivity contribution >= 4 is 18.3 Å². The smallest absolute Gasteiger partial charge is 0.271 e. The number of hydrogen-bond acceptors (Lipinski definition) is 5. The standard InChI is InChI=1S/C20H26N4O3.ClH/c1-26-17-4-3-14(11-18(17)27-2)15-12-16(23-22-15)19(25)24-9-6-20(7-10-24)5-8-21-13-20;/h3-4,11-12,21H,5-10,13H2,1-2H3,(H,22,23);1H. The van der Waals surface area contributed by atoms with Crippen LogP contribution in [0.4, 0.5) is 0 Å². The van der Waals surface area contributed by atoms with Crippen LogP contribution in [0.1, 0.15) is 29.8 Å². The molecule has 2 N–H and O–H groups in total. The summed E-state index contributed by atoms with van der Waals surface area (Å²) in [6, 6.07) is 7.42. The average molecular weight is 407 g/mol. The number of rotatable bonds is 4. The van der Waals surface area contributed by atoms with E-state index in [0.29, 0.717) is 28.3 Å². The molecule has 0 aliphatic carbocycles. The van der Waals surface area contributed by atoms with E-state index >= 15 is 0 Å². The fourth-order valence-corrected chi connectivity index (χ4v) is 4.15. The quantitative estimate of drug-likeness (QED) is 0.816. The molecular formula is C20H27ClN4O3. The van der Waals surface area contributed by atoms with E-state index in [1.165, 1.54) is 6.42 Å². The van der Waals surface area contributed by atoms with Gasteiger partial charge in [-0.2, -0.15) is 5.10 Å². The molecule has 2 saturated heterocycles. The summed E-state index contributed by atoms with van der Waals surface area (Å²) >= 11 is 0. The van der Waals surface area contributed by atoms with Gasteiger partial charge in [-0.05, 0) is 55.5 Å². The lowest BCUT2D eigenvalue weighted by Gasteiger charge is -2.38. The van der Waals surface area contributed by atoms with Crippen LogP contribution < -0.4 is 14.8 Å². The number of halogens is 1. The number of amides is 1. The summed E-state index contributed by atoms with van der Waals surface area (Å²) in [5, 5.41) is 10.7. The molecule has 1 spiro atoms. The minimum atomic E-state index is 0. The van der Waals surface area contributed by atoms with Gasteiger partial charge in [0.2, 0.25) is 0 Å². The summed E-state index contributed by atoms with van der Waals surface area (Å²) in [7, 11) is 3.21. The van der Waals surface area contributed by atoms with Crippen molar-refractivity contribution in [3.8, 4) is 22.8 Å². The summed E-state index contributed by atoms with van der Waals surface area (Å²) in [5.74, 6) is 1.32. The molecule has 0 radical (unpaired) electrons. The van der Waals surface area contributed by atoms with E-state index in [0.717, 1.165) is 44.6 Å². The minimum Gasteiger partial charge on any atom is -0.493 e. The molecule has 2 aliphatic heterocycles. The summed E-state index contributed by atoms with van der Waals surface area (Å²) in [5.41, 5.74) is 2.51. The van der Waals surface area contributed by atoms with Crippen molar-refractivity contribution in [2.45, 2.75) is 19.3 Å². The van der Waals surface area contributed by atoms with E-state index in [9.17, 15) is 4.79 Å². The van der Waals surface area contributed by atoms with Gasteiger partial charge in [-0.25, -0.2) is 0 Å². The number of hydrogen-bond donors (Lipinski definition) is 2. The number of carbonyl (C=O) groups excluding carboxylic acids is 1. The molecule has 152 valence electrons. The number of H-pyrrole nitrogens is 1. The van der Waals surface area contributed by atoms with Gasteiger partial charge in [0.15, 0.2) is 11.5 Å². The van der Waals surface area contributed by atoms with Gasteiger partial charge in [0, 0.05) is 25.2 Å². The second kappa shape index (κ2) is 8.41. The third kappa shape index (κ3) is 3.82. The molecule has 2 aromatic rings. The Morgan fingerprint density at radius 2 is 1.86 bits per heavy atom. The number of nitrogens with one attached hydrogen (secondary N) is 2. The Morgan fingerprint density at radius 1 is 1.11 bits per heavy atom. The highest BCUT2D eigenvalue weighted by Crippen LogP contribution is 2.37. The Balaban J connectivity index is 0.00000225. The maximum absolute atomic E-state index is 12.9. The van der Waals surface area contributed by atoms with Crippen molar-refractivity contribution in [3.63, 3.8) is 0 Å². The predicted octanol–water partition coefficient (Wildman–Crippen LogP) is 2.73. The van der Waals surface area contributed by atoms with Gasteiger partial charge in [-0.3, -0.25) is 9.89 Å². The van der Waals surface area contributed by atoms with Gasteiger partial charge in [0.05, 0.1) is 19.9 Å². The number of piperidine rings is 1. The van der Waals surface area contributed by atoms with Crippen molar-refractivity contribution in [1.29, 1.82) is 0 Å². The fourth-order valence-electron chi connectivity index (χ4n) is 4.15. The van der Waals surface area contributed by atoms with Crippen LogP contribution in [0.25, 0.3) is 11.3 Å². The van der Waals surface area contributed by atoms with E-state index in [1.807, 2.05) is 29.2 Å². The number of carbonyl (C=O) groups is 1. The summed E-state index contributed by atoms with van der Waals surface area (Å²) in [4.78, 5) is 14.8. The van der Waals surface area contributed by atoms with Gasteiger partial charge in [-0.15, -0.1) is 12.4 Å². The molecular weight excluding hydrogens is 380 g/mol. The van der Waals surface area contributed by atoms with Crippen molar-refractivity contribution in [1.82, 2.24) is 20.4 Å². The van der Waals surface area contributed by atoms with Crippen molar-refractivity contribution < 1.29 is 14.3 Å². The lowest BCUT2D eigenvalue weighted by atomic mass is 9.78. The Morgan fingerprint density at radius 3 is 2.50 bits per heavy atom. The number of nitrogens with zero attached hydrogens (tertiary/aromatic N) is 2. The van der Waals surface area contributed by atoms with Gasteiger partial charge in [0.25, 0.3) is 5.91 Å². The maximum Gasteiger partial charge on any atom is 0.271 e. The van der Waals surface area contributed by atoms with Gasteiger partial charge < -0.3 is 19.7 Å². The van der Waals surface area contributed by atoms with Crippen LogP contribution in [0.5, 0.6) is 11.5 Å². The molecule has 3 heterocycles. The first-order valence-electron chi connectivity index (χ1n) is 9.42. The van der Waals surface area contributed by atoms with Crippen molar-refractivity contribution in [2.75, 3.05) is 40.4 Å². The summed E-state index contributed by atoms with van der Waals surface area (Å²) in [6.07, 6.45) is 3.37. The highest BCUT2D eigenvalue weighted by atomic mass is 35.5. The highest BCUT2D eigenvalue weighted by Gasteiger charge is 2.38. The first-order chi connectivity index (χ1) is 13.1. The lowest BCUT2D eigenvalue weighted by Crippen LogP contribution is -2.44. The van der Waals surface area contributed by atoms with E-state index in [4.69, 9.17) is 9.47 Å². The molecule has 0 atom stereocenters. The summed E-state index contributed by atoms with van der Waals surface area (Å²) in [6.45, 7) is 3.81. The first-order valence-corrected chi connectivity index (χ1v) is 9.42. The zero-order chi connectivity index (χ0) is 18.9. The molecule has 0 bridgehead atoms. The van der Waals surface area contributed by atoms with Crippen LogP contribution in [0, 0.1) is 5.41 Å². The first kappa shape index (κ1) is 20.5. The Hall–Kier alpha value is -2.25. The van der Waals surface area contributed by atoms with E-state index < -0.39 is 0 Å². The molecule has 4 rings (SSSR count). The Bertz CT molecular complexity index is 823. The maximum atomic E-state index is 12.9. The number of aromatic nitrogens is 2. The highest BCUT2D eigenvalue weighted by molar-refractivity contribution is 5.93. The molecule has 1 aromatic carbocycles. The molecule has 0 saturated carbocycles. The number of benzene rings is 1. The monoisotopic (exact) mass is 406 g/mol. The molecule has 28 heavy (non-hydrogen) atoms. The van der Waals surface area contributed by atoms with E-state index in [-0.39, 0.29) is 18.3 Å². The van der Waals surface area contributed by atoms with E-state index in [2.05, 4.69) is 15.5 Å². The second-order valence-electron chi connectivity index (χ2n) is 7.46. The Labute approximate surface area is 171 Å². The van der Waals surface area contributed by atoms with Gasteiger partial charge >= 0.3 is 0 Å². The summed E-state index contributed by atoms with van der Waals surface area (Å²) < 4.78 is 10.6. The average Bonchev–Trinajstić information content (AvgIpc) is 3.38. The van der Waals surface area contributed by atoms with Crippen LogP contribution in [-0.4, -0.2) is 61.4 Å². The third-order valence-corrected chi connectivity index (χ3v) is 5.93. The molecule has 0 unspecified atom stereocenters. The van der Waals surface area contributed by atoms with Crippen LogP contribution in [0.3, 0.4) is 0 Å². The molecule has 7 nitrogen and oxygen atoms in total. The lowest BCUT2D eigenvalue weighted by molar-refractivity contribution is 0.0602. The van der Waals surface area contributed by atoms with Crippen LogP contribution >= 0.6 is 12.4 Å². The molecule has 1 aromatic heterocycles. The normalized spacial score (nSPS) is 18.0. The van der Waals surface area contributed by atoms with Crippen LogP contribution in [0.15, 0.2) is 24.3 Å². The zero-order valence-corrected chi connectivity index (χ0v) is 17.1. The molecule has 8 heteroatoms. The Kier molecular flexibility index (Phi) is 6.15. The second-order valence-corrected chi connectivity index (χ2v) is 7.46. The molecule has 2 fully saturated rings.